The molecular formula is C13H14BrN3O. The van der Waals surface area contributed by atoms with Crippen molar-refractivity contribution in [2.75, 3.05) is 11.9 Å². The highest BCUT2D eigenvalue weighted by molar-refractivity contribution is 9.10. The van der Waals surface area contributed by atoms with Crippen molar-refractivity contribution in [3.05, 3.63) is 40.6 Å². The molecule has 1 aromatic heterocycles. The Morgan fingerprint density at radius 2 is 2.17 bits per heavy atom. The van der Waals surface area contributed by atoms with Crippen LogP contribution in [0.5, 0.6) is 11.6 Å². The van der Waals surface area contributed by atoms with Gasteiger partial charge in [-0.2, -0.15) is 4.98 Å². The van der Waals surface area contributed by atoms with Crippen LogP contribution in [0.3, 0.4) is 0 Å². The summed E-state index contributed by atoms with van der Waals surface area (Å²) in [7, 11) is 0. The van der Waals surface area contributed by atoms with Gasteiger partial charge in [-0.15, -0.1) is 0 Å². The summed E-state index contributed by atoms with van der Waals surface area (Å²) in [6, 6.07) is 5.84. The van der Waals surface area contributed by atoms with Crippen LogP contribution in [-0.4, -0.2) is 16.5 Å². The second-order valence-corrected chi connectivity index (χ2v) is 4.70. The van der Waals surface area contributed by atoms with Gasteiger partial charge in [-0.05, 0) is 37.6 Å². The van der Waals surface area contributed by atoms with E-state index in [1.807, 2.05) is 32.0 Å². The van der Waals surface area contributed by atoms with E-state index in [-0.39, 0.29) is 0 Å². The molecule has 18 heavy (non-hydrogen) atoms. The monoisotopic (exact) mass is 307 g/mol. The molecule has 0 saturated carbocycles. The fourth-order valence-electron chi connectivity index (χ4n) is 1.50. The van der Waals surface area contributed by atoms with Crippen molar-refractivity contribution in [2.24, 2.45) is 0 Å². The van der Waals surface area contributed by atoms with Crippen LogP contribution in [0.4, 0.5) is 5.82 Å². The van der Waals surface area contributed by atoms with E-state index in [9.17, 15) is 0 Å². The molecule has 1 heterocycles. The molecule has 0 aliphatic heterocycles. The quantitative estimate of drug-likeness (QED) is 0.934. The first kappa shape index (κ1) is 12.8. The lowest BCUT2D eigenvalue weighted by Crippen LogP contribution is -2.01. The van der Waals surface area contributed by atoms with E-state index >= 15 is 0 Å². The molecule has 0 aliphatic carbocycles. The van der Waals surface area contributed by atoms with Crippen LogP contribution in [0.15, 0.2) is 35.1 Å². The Labute approximate surface area is 115 Å². The Morgan fingerprint density at radius 1 is 1.33 bits per heavy atom. The third kappa shape index (κ3) is 3.20. The molecule has 2 rings (SSSR count). The normalized spacial score (nSPS) is 10.2. The summed E-state index contributed by atoms with van der Waals surface area (Å²) in [5, 5.41) is 3.10. The number of nitrogens with zero attached hydrogens (tertiary/aromatic N) is 2. The number of ether oxygens (including phenoxy) is 1. The summed E-state index contributed by atoms with van der Waals surface area (Å²) < 4.78 is 6.74. The van der Waals surface area contributed by atoms with Gasteiger partial charge in [0.05, 0.1) is 12.4 Å². The first-order valence-corrected chi connectivity index (χ1v) is 6.48. The van der Waals surface area contributed by atoms with Gasteiger partial charge >= 0.3 is 0 Å². The smallest absolute Gasteiger partial charge is 0.239 e. The van der Waals surface area contributed by atoms with Gasteiger partial charge in [0.25, 0.3) is 0 Å². The molecule has 5 heteroatoms. The number of aromatic nitrogens is 2. The molecule has 4 nitrogen and oxygen atoms in total. The SMILES string of the molecule is CCNc1cncc(Oc2ccc(Br)cc2C)n1. The molecule has 94 valence electrons. The molecule has 0 spiro atoms. The highest BCUT2D eigenvalue weighted by Gasteiger charge is 2.04. The third-order valence-electron chi connectivity index (χ3n) is 2.32. The van der Waals surface area contributed by atoms with Gasteiger partial charge < -0.3 is 10.1 Å². The molecule has 0 fully saturated rings. The van der Waals surface area contributed by atoms with Crippen molar-refractivity contribution < 1.29 is 4.74 Å². The summed E-state index contributed by atoms with van der Waals surface area (Å²) in [5.41, 5.74) is 1.04. The number of nitrogens with one attached hydrogen (secondary N) is 1. The van der Waals surface area contributed by atoms with Crippen LogP contribution in [-0.2, 0) is 0 Å². The zero-order chi connectivity index (χ0) is 13.0. The summed E-state index contributed by atoms with van der Waals surface area (Å²) in [6.07, 6.45) is 3.27. The number of halogens is 1. The minimum atomic E-state index is 0.485. The summed E-state index contributed by atoms with van der Waals surface area (Å²) in [4.78, 5) is 8.40. The predicted octanol–water partition coefficient (Wildman–Crippen LogP) is 3.77. The van der Waals surface area contributed by atoms with E-state index in [1.165, 1.54) is 0 Å². The average molecular weight is 308 g/mol. The highest BCUT2D eigenvalue weighted by Crippen LogP contribution is 2.26. The zero-order valence-corrected chi connectivity index (χ0v) is 11.9. The van der Waals surface area contributed by atoms with Crippen molar-refractivity contribution in [1.82, 2.24) is 9.97 Å². The Morgan fingerprint density at radius 3 is 2.89 bits per heavy atom. The Balaban J connectivity index is 2.20. The van der Waals surface area contributed by atoms with Crippen molar-refractivity contribution in [2.45, 2.75) is 13.8 Å². The molecule has 0 amide bonds. The molecule has 0 radical (unpaired) electrons. The highest BCUT2D eigenvalue weighted by atomic mass is 79.9. The average Bonchev–Trinajstić information content (AvgIpc) is 2.34. The maximum Gasteiger partial charge on any atom is 0.239 e. The van der Waals surface area contributed by atoms with E-state index < -0.39 is 0 Å². The number of hydrogen-bond acceptors (Lipinski definition) is 4. The Bertz CT molecular complexity index is 546. The van der Waals surface area contributed by atoms with Crippen molar-refractivity contribution in [3.8, 4) is 11.6 Å². The lowest BCUT2D eigenvalue weighted by molar-refractivity contribution is 0.457. The number of rotatable bonds is 4. The molecule has 0 atom stereocenters. The zero-order valence-electron chi connectivity index (χ0n) is 10.3. The van der Waals surface area contributed by atoms with E-state index in [1.54, 1.807) is 12.4 Å². The van der Waals surface area contributed by atoms with E-state index in [0.29, 0.717) is 11.7 Å². The third-order valence-corrected chi connectivity index (χ3v) is 2.82. The molecule has 1 N–H and O–H groups in total. The first-order valence-electron chi connectivity index (χ1n) is 5.69. The Hall–Kier alpha value is -1.62. The van der Waals surface area contributed by atoms with E-state index in [4.69, 9.17) is 4.74 Å². The van der Waals surface area contributed by atoms with Crippen LogP contribution >= 0.6 is 15.9 Å². The molecule has 0 bridgehead atoms. The van der Waals surface area contributed by atoms with Crippen LogP contribution < -0.4 is 10.1 Å². The molecule has 0 aliphatic rings. The summed E-state index contributed by atoms with van der Waals surface area (Å²) >= 11 is 3.42. The van der Waals surface area contributed by atoms with Gasteiger partial charge in [0, 0.05) is 11.0 Å². The largest absolute Gasteiger partial charge is 0.437 e. The van der Waals surface area contributed by atoms with Crippen LogP contribution in [0.25, 0.3) is 0 Å². The van der Waals surface area contributed by atoms with Crippen molar-refractivity contribution in [3.63, 3.8) is 0 Å². The number of aryl methyl sites for hydroxylation is 1. The Kier molecular flexibility index (Phi) is 4.15. The van der Waals surface area contributed by atoms with Crippen molar-refractivity contribution >= 4 is 21.7 Å². The van der Waals surface area contributed by atoms with E-state index in [0.717, 1.165) is 22.3 Å². The lowest BCUT2D eigenvalue weighted by Gasteiger charge is -2.09. The minimum Gasteiger partial charge on any atom is -0.437 e. The summed E-state index contributed by atoms with van der Waals surface area (Å²) in [5.74, 6) is 1.98. The topological polar surface area (TPSA) is 47.0 Å². The summed E-state index contributed by atoms with van der Waals surface area (Å²) in [6.45, 7) is 4.80. The number of hydrogen-bond donors (Lipinski definition) is 1. The molecule has 0 unspecified atom stereocenters. The van der Waals surface area contributed by atoms with Gasteiger partial charge in [0.1, 0.15) is 11.6 Å². The van der Waals surface area contributed by atoms with E-state index in [2.05, 4.69) is 31.2 Å². The maximum absolute atomic E-state index is 5.72. The van der Waals surface area contributed by atoms with Crippen LogP contribution in [0.2, 0.25) is 0 Å². The second-order valence-electron chi connectivity index (χ2n) is 3.78. The standard InChI is InChI=1S/C13H14BrN3O/c1-3-16-12-7-15-8-13(17-12)18-11-5-4-10(14)6-9(11)2/h4-8H,3H2,1-2H3,(H,16,17). The van der Waals surface area contributed by atoms with Crippen molar-refractivity contribution in [1.29, 1.82) is 0 Å². The minimum absolute atomic E-state index is 0.485. The van der Waals surface area contributed by atoms with Gasteiger partial charge in [0.2, 0.25) is 5.88 Å². The van der Waals surface area contributed by atoms with Gasteiger partial charge in [-0.25, -0.2) is 0 Å². The second kappa shape index (κ2) is 5.82. The van der Waals surface area contributed by atoms with Gasteiger partial charge in [-0.3, -0.25) is 4.98 Å². The number of benzene rings is 1. The number of anilines is 1. The van der Waals surface area contributed by atoms with Crippen LogP contribution in [0.1, 0.15) is 12.5 Å². The van der Waals surface area contributed by atoms with Gasteiger partial charge in [0.15, 0.2) is 0 Å². The lowest BCUT2D eigenvalue weighted by atomic mass is 10.2. The van der Waals surface area contributed by atoms with Crippen LogP contribution in [0, 0.1) is 6.92 Å². The fraction of sp³-hybridized carbons (Fsp3) is 0.231. The van der Waals surface area contributed by atoms with Gasteiger partial charge in [-0.1, -0.05) is 15.9 Å². The molecule has 1 aromatic carbocycles. The predicted molar refractivity (Wildman–Crippen MR) is 75.1 cm³/mol. The maximum atomic E-state index is 5.72. The molecule has 0 saturated heterocycles. The fourth-order valence-corrected chi connectivity index (χ4v) is 1.98. The molecule has 2 aromatic rings. The first-order chi connectivity index (χ1) is 8.69. The molecular weight excluding hydrogens is 294 g/mol.